The van der Waals surface area contributed by atoms with Crippen molar-refractivity contribution < 1.29 is 9.18 Å². The molecule has 0 unspecified atom stereocenters. The quantitative estimate of drug-likeness (QED) is 0.448. The molecule has 0 aliphatic heterocycles. The second kappa shape index (κ2) is 8.97. The van der Waals surface area contributed by atoms with Crippen LogP contribution in [0.1, 0.15) is 5.69 Å². The maximum Gasteiger partial charge on any atom is 0.258 e. The number of allylic oxidation sites excluding steroid dienone is 2. The standard InChI is InChI=1S/C18H19FN6O/c1-12(15(19)4-2-7-20)18(26)25-13-6-9-22-14(10-13)11-24-16-5-3-8-23-17(16)21/h2-10,24H,1,11,20H2,(H2,21,23)(H,22,25,26)/b7-2-,15-4+. The molecule has 0 fully saturated rings. The largest absolute Gasteiger partial charge is 0.405 e. The van der Waals surface area contributed by atoms with E-state index in [0.29, 0.717) is 29.4 Å². The van der Waals surface area contributed by atoms with Crippen LogP contribution < -0.4 is 22.1 Å². The Hall–Kier alpha value is -3.68. The van der Waals surface area contributed by atoms with Crippen molar-refractivity contribution in [3.05, 3.63) is 78.7 Å². The molecule has 1 amide bonds. The predicted molar refractivity (Wildman–Crippen MR) is 101 cm³/mol. The first-order chi connectivity index (χ1) is 12.5. The summed E-state index contributed by atoms with van der Waals surface area (Å²) in [6, 6.07) is 6.81. The number of carbonyl (C=O) groups excluding carboxylic acids is 1. The van der Waals surface area contributed by atoms with Gasteiger partial charge in [0.1, 0.15) is 11.6 Å². The summed E-state index contributed by atoms with van der Waals surface area (Å²) in [6.07, 6.45) is 6.61. The van der Waals surface area contributed by atoms with Crippen LogP contribution in [0.25, 0.3) is 0 Å². The molecule has 2 aromatic rings. The van der Waals surface area contributed by atoms with Gasteiger partial charge in [0.2, 0.25) is 0 Å². The van der Waals surface area contributed by atoms with Crippen LogP contribution in [0.15, 0.2) is 73.0 Å². The van der Waals surface area contributed by atoms with Gasteiger partial charge in [0, 0.05) is 18.1 Å². The number of nitrogens with zero attached hydrogens (tertiary/aromatic N) is 2. The fraction of sp³-hybridized carbons (Fsp3) is 0.0556. The smallest absolute Gasteiger partial charge is 0.258 e. The zero-order valence-electron chi connectivity index (χ0n) is 13.9. The Morgan fingerprint density at radius 2 is 2.12 bits per heavy atom. The number of halogens is 1. The zero-order chi connectivity index (χ0) is 18.9. The summed E-state index contributed by atoms with van der Waals surface area (Å²) in [4.78, 5) is 20.2. The first kappa shape index (κ1) is 18.7. The molecule has 2 heterocycles. The minimum Gasteiger partial charge on any atom is -0.405 e. The number of aromatic nitrogens is 2. The first-order valence-corrected chi connectivity index (χ1v) is 7.65. The summed E-state index contributed by atoms with van der Waals surface area (Å²) >= 11 is 0. The molecule has 134 valence electrons. The summed E-state index contributed by atoms with van der Waals surface area (Å²) < 4.78 is 13.7. The van der Waals surface area contributed by atoms with Crippen molar-refractivity contribution in [3.8, 4) is 0 Å². The molecule has 26 heavy (non-hydrogen) atoms. The van der Waals surface area contributed by atoms with Crippen molar-refractivity contribution in [2.24, 2.45) is 5.73 Å². The van der Waals surface area contributed by atoms with E-state index in [9.17, 15) is 9.18 Å². The van der Waals surface area contributed by atoms with Gasteiger partial charge >= 0.3 is 0 Å². The van der Waals surface area contributed by atoms with Crippen molar-refractivity contribution in [1.29, 1.82) is 0 Å². The van der Waals surface area contributed by atoms with Gasteiger partial charge in [0.15, 0.2) is 0 Å². The van der Waals surface area contributed by atoms with Crippen molar-refractivity contribution in [1.82, 2.24) is 9.97 Å². The minimum atomic E-state index is -0.771. The van der Waals surface area contributed by atoms with Crippen LogP contribution in [0.5, 0.6) is 0 Å². The molecule has 6 N–H and O–H groups in total. The van der Waals surface area contributed by atoms with Gasteiger partial charge in [0.05, 0.1) is 23.5 Å². The van der Waals surface area contributed by atoms with Gasteiger partial charge in [-0.15, -0.1) is 0 Å². The summed E-state index contributed by atoms with van der Waals surface area (Å²) in [7, 11) is 0. The van der Waals surface area contributed by atoms with Crippen LogP contribution in [-0.2, 0) is 11.3 Å². The Balaban J connectivity index is 2.01. The third-order valence-corrected chi connectivity index (χ3v) is 3.29. The monoisotopic (exact) mass is 354 g/mol. The Labute approximate surface area is 150 Å². The Morgan fingerprint density at radius 3 is 2.85 bits per heavy atom. The van der Waals surface area contributed by atoms with Crippen LogP contribution in [-0.4, -0.2) is 15.9 Å². The van der Waals surface area contributed by atoms with Gasteiger partial charge in [-0.3, -0.25) is 9.78 Å². The molecule has 0 aromatic carbocycles. The van der Waals surface area contributed by atoms with E-state index in [1.54, 1.807) is 30.5 Å². The SMILES string of the molecule is C=C(C(=O)Nc1ccnc(CNc2cccnc2N)c1)/C(F)=C\C=C/N. The molecule has 0 radical (unpaired) electrons. The molecule has 2 aromatic heterocycles. The summed E-state index contributed by atoms with van der Waals surface area (Å²) in [5.41, 5.74) is 12.4. The van der Waals surface area contributed by atoms with Gasteiger partial charge in [-0.05, 0) is 42.6 Å². The predicted octanol–water partition coefficient (Wildman–Crippen LogP) is 2.49. The van der Waals surface area contributed by atoms with Crippen LogP contribution >= 0.6 is 0 Å². The third-order valence-electron chi connectivity index (χ3n) is 3.29. The van der Waals surface area contributed by atoms with E-state index >= 15 is 0 Å². The second-order valence-corrected chi connectivity index (χ2v) is 5.16. The van der Waals surface area contributed by atoms with Crippen molar-refractivity contribution >= 4 is 23.1 Å². The van der Waals surface area contributed by atoms with Gasteiger partial charge in [0.25, 0.3) is 5.91 Å². The van der Waals surface area contributed by atoms with E-state index in [4.69, 9.17) is 11.5 Å². The molecule has 0 saturated heterocycles. The molecule has 0 saturated carbocycles. The average molecular weight is 354 g/mol. The number of pyridine rings is 2. The summed E-state index contributed by atoms with van der Waals surface area (Å²) in [5.74, 6) is -1.06. The van der Waals surface area contributed by atoms with Crippen molar-refractivity contribution in [2.45, 2.75) is 6.54 Å². The number of nitrogens with one attached hydrogen (secondary N) is 2. The third kappa shape index (κ3) is 5.17. The maximum absolute atomic E-state index is 13.7. The van der Waals surface area contributed by atoms with Crippen molar-refractivity contribution in [2.75, 3.05) is 16.4 Å². The topological polar surface area (TPSA) is 119 Å². The molecule has 8 heteroatoms. The molecule has 0 atom stereocenters. The Bertz CT molecular complexity index is 862. The summed E-state index contributed by atoms with van der Waals surface area (Å²) in [5, 5.41) is 5.67. The van der Waals surface area contributed by atoms with Gasteiger partial charge < -0.3 is 22.1 Å². The van der Waals surface area contributed by atoms with E-state index in [2.05, 4.69) is 27.2 Å². The van der Waals surface area contributed by atoms with Crippen LogP contribution in [0.3, 0.4) is 0 Å². The summed E-state index contributed by atoms with van der Waals surface area (Å²) in [6.45, 7) is 3.80. The Kier molecular flexibility index (Phi) is 6.44. The lowest BCUT2D eigenvalue weighted by atomic mass is 10.2. The first-order valence-electron chi connectivity index (χ1n) is 7.65. The number of hydrogen-bond donors (Lipinski definition) is 4. The minimum absolute atomic E-state index is 0.303. The van der Waals surface area contributed by atoms with Gasteiger partial charge in [-0.1, -0.05) is 6.58 Å². The fourth-order valence-corrected chi connectivity index (χ4v) is 1.96. The number of carbonyl (C=O) groups is 1. The molecule has 0 bridgehead atoms. The molecule has 2 rings (SSSR count). The number of rotatable bonds is 7. The number of nitrogen functional groups attached to an aromatic ring is 1. The molecule has 7 nitrogen and oxygen atoms in total. The fourth-order valence-electron chi connectivity index (χ4n) is 1.96. The highest BCUT2D eigenvalue weighted by Crippen LogP contribution is 2.17. The second-order valence-electron chi connectivity index (χ2n) is 5.16. The molecule has 0 spiro atoms. The number of amides is 1. The molecule has 0 aliphatic carbocycles. The lowest BCUT2D eigenvalue weighted by Gasteiger charge is -2.10. The molecular weight excluding hydrogens is 335 g/mol. The highest BCUT2D eigenvalue weighted by atomic mass is 19.1. The Morgan fingerprint density at radius 1 is 1.31 bits per heavy atom. The molecular formula is C18H19FN6O. The maximum atomic E-state index is 13.7. The highest BCUT2D eigenvalue weighted by molar-refractivity contribution is 6.06. The number of hydrogen-bond acceptors (Lipinski definition) is 6. The number of anilines is 3. The zero-order valence-corrected chi connectivity index (χ0v) is 13.9. The van der Waals surface area contributed by atoms with Crippen molar-refractivity contribution in [3.63, 3.8) is 0 Å². The van der Waals surface area contributed by atoms with E-state index in [1.807, 2.05) is 0 Å². The van der Waals surface area contributed by atoms with Gasteiger partial charge in [-0.2, -0.15) is 0 Å². The van der Waals surface area contributed by atoms with Gasteiger partial charge in [-0.25, -0.2) is 9.37 Å². The van der Waals surface area contributed by atoms with Crippen LogP contribution in [0.4, 0.5) is 21.6 Å². The van der Waals surface area contributed by atoms with E-state index in [0.717, 1.165) is 12.3 Å². The number of nitrogens with two attached hydrogens (primary N) is 2. The molecule has 0 aliphatic rings. The van der Waals surface area contributed by atoms with E-state index < -0.39 is 11.7 Å². The normalized spacial score (nSPS) is 11.3. The van der Waals surface area contributed by atoms with E-state index in [1.165, 1.54) is 12.3 Å². The van der Waals surface area contributed by atoms with Crippen LogP contribution in [0.2, 0.25) is 0 Å². The highest BCUT2D eigenvalue weighted by Gasteiger charge is 2.12. The lowest BCUT2D eigenvalue weighted by Crippen LogP contribution is -2.14. The average Bonchev–Trinajstić information content (AvgIpc) is 2.65. The lowest BCUT2D eigenvalue weighted by molar-refractivity contribution is -0.112. The van der Waals surface area contributed by atoms with E-state index in [-0.39, 0.29) is 5.57 Å². The van der Waals surface area contributed by atoms with Crippen LogP contribution in [0, 0.1) is 0 Å².